The number of allylic oxidation sites excluding steroid dienone is 1. The van der Waals surface area contributed by atoms with Crippen LogP contribution in [-0.2, 0) is 9.53 Å². The van der Waals surface area contributed by atoms with Crippen LogP contribution in [0.25, 0.3) is 0 Å². The number of carbonyl (C=O) groups excluding carboxylic acids is 1. The summed E-state index contributed by atoms with van der Waals surface area (Å²) in [7, 11) is 0. The summed E-state index contributed by atoms with van der Waals surface area (Å²) >= 11 is 0. The largest absolute Gasteiger partial charge is 0.461 e. The van der Waals surface area contributed by atoms with E-state index in [0.29, 0.717) is 0 Å². The maximum Gasteiger partial charge on any atom is 0.316 e. The minimum absolute atomic E-state index is 0.0292. The van der Waals surface area contributed by atoms with Gasteiger partial charge in [0.05, 0.1) is 5.41 Å². The van der Waals surface area contributed by atoms with E-state index in [2.05, 4.69) is 34.6 Å². The van der Waals surface area contributed by atoms with Crippen LogP contribution in [0.15, 0.2) is 11.6 Å². The molecule has 2 unspecified atom stereocenters. The molecule has 0 aliphatic carbocycles. The lowest BCUT2D eigenvalue weighted by Crippen LogP contribution is -2.38. The van der Waals surface area contributed by atoms with Crippen molar-refractivity contribution in [2.75, 3.05) is 0 Å². The minimum atomic E-state index is -0.543. The molecule has 0 rings (SSSR count). The molecule has 18 heavy (non-hydrogen) atoms. The summed E-state index contributed by atoms with van der Waals surface area (Å²) in [6, 6.07) is 0. The third-order valence-corrected chi connectivity index (χ3v) is 3.73. The molecular weight excluding hydrogens is 224 g/mol. The van der Waals surface area contributed by atoms with Gasteiger partial charge in [0.2, 0.25) is 0 Å². The zero-order valence-corrected chi connectivity index (χ0v) is 13.5. The van der Waals surface area contributed by atoms with E-state index in [1.165, 1.54) is 0 Å². The van der Waals surface area contributed by atoms with Gasteiger partial charge in [0.25, 0.3) is 0 Å². The van der Waals surface area contributed by atoms with Gasteiger partial charge in [-0.25, -0.2) is 0 Å². The van der Waals surface area contributed by atoms with Crippen molar-refractivity contribution in [3.05, 3.63) is 11.6 Å². The highest BCUT2D eigenvalue weighted by atomic mass is 16.5. The Morgan fingerprint density at radius 2 is 1.50 bits per heavy atom. The molecule has 0 saturated heterocycles. The summed E-state index contributed by atoms with van der Waals surface area (Å²) in [5.41, 5.74) is 0.572. The standard InChI is InChI=1S/C16H30O2/c1-11(2)10-16(9,12(3)4)14(17)18-13(5)15(6,7)8/h10,12-13H,1-9H3. The number of hydrogen-bond acceptors (Lipinski definition) is 2. The summed E-state index contributed by atoms with van der Waals surface area (Å²) in [5, 5.41) is 0. The van der Waals surface area contributed by atoms with Gasteiger partial charge in [0.15, 0.2) is 0 Å². The number of esters is 1. The molecule has 0 spiro atoms. The van der Waals surface area contributed by atoms with Gasteiger partial charge < -0.3 is 4.74 Å². The Morgan fingerprint density at radius 3 is 1.78 bits per heavy atom. The van der Waals surface area contributed by atoms with Crippen molar-refractivity contribution >= 4 is 5.97 Å². The van der Waals surface area contributed by atoms with Crippen molar-refractivity contribution in [3.8, 4) is 0 Å². The highest BCUT2D eigenvalue weighted by Crippen LogP contribution is 2.33. The first-order valence-corrected chi connectivity index (χ1v) is 6.78. The summed E-state index contributed by atoms with van der Waals surface area (Å²) in [4.78, 5) is 12.4. The fourth-order valence-corrected chi connectivity index (χ4v) is 1.53. The van der Waals surface area contributed by atoms with Gasteiger partial charge in [-0.15, -0.1) is 0 Å². The third kappa shape index (κ3) is 4.47. The molecule has 2 heteroatoms. The Bertz CT molecular complexity index is 316. The Morgan fingerprint density at radius 1 is 1.06 bits per heavy atom. The average molecular weight is 254 g/mol. The smallest absolute Gasteiger partial charge is 0.316 e. The normalized spacial score (nSPS) is 17.0. The van der Waals surface area contributed by atoms with Crippen molar-refractivity contribution in [1.82, 2.24) is 0 Å². The first-order chi connectivity index (χ1) is 7.91. The molecule has 0 aromatic carbocycles. The third-order valence-electron chi connectivity index (χ3n) is 3.73. The van der Waals surface area contributed by atoms with Gasteiger partial charge in [-0.2, -0.15) is 0 Å². The number of hydrogen-bond donors (Lipinski definition) is 0. The van der Waals surface area contributed by atoms with Crippen molar-refractivity contribution in [3.63, 3.8) is 0 Å². The van der Waals surface area contributed by atoms with Crippen LogP contribution < -0.4 is 0 Å². The molecule has 0 saturated carbocycles. The van der Waals surface area contributed by atoms with E-state index >= 15 is 0 Å². The van der Waals surface area contributed by atoms with Gasteiger partial charge in [-0.1, -0.05) is 46.3 Å². The second-order valence-electron chi connectivity index (χ2n) is 7.07. The van der Waals surface area contributed by atoms with Gasteiger partial charge in [0.1, 0.15) is 6.10 Å². The summed E-state index contributed by atoms with van der Waals surface area (Å²) in [6.07, 6.45) is 1.93. The first-order valence-electron chi connectivity index (χ1n) is 6.78. The SMILES string of the molecule is CC(C)=CC(C)(C(=O)OC(C)C(C)(C)C)C(C)C. The molecule has 2 atom stereocenters. The minimum Gasteiger partial charge on any atom is -0.461 e. The molecule has 0 N–H and O–H groups in total. The first kappa shape index (κ1) is 17.2. The van der Waals surface area contributed by atoms with Crippen LogP contribution in [0.3, 0.4) is 0 Å². The summed E-state index contributed by atoms with van der Waals surface area (Å²) in [5.74, 6) is 0.0909. The molecule has 0 fully saturated rings. The molecule has 0 aliphatic rings. The van der Waals surface area contributed by atoms with Crippen LogP contribution in [0.1, 0.15) is 62.3 Å². The second-order valence-corrected chi connectivity index (χ2v) is 7.07. The van der Waals surface area contributed by atoms with Crippen LogP contribution >= 0.6 is 0 Å². The van der Waals surface area contributed by atoms with E-state index in [4.69, 9.17) is 4.74 Å². The predicted molar refractivity (Wildman–Crippen MR) is 77.4 cm³/mol. The predicted octanol–water partition coefficient (Wildman–Crippen LogP) is 4.59. The van der Waals surface area contributed by atoms with Crippen molar-refractivity contribution < 1.29 is 9.53 Å². The van der Waals surface area contributed by atoms with Crippen LogP contribution in [0.4, 0.5) is 0 Å². The molecular formula is C16H30O2. The van der Waals surface area contributed by atoms with Crippen LogP contribution in [0.2, 0.25) is 0 Å². The molecule has 0 aromatic rings. The molecule has 2 nitrogen and oxygen atoms in total. The topological polar surface area (TPSA) is 26.3 Å². The fraction of sp³-hybridized carbons (Fsp3) is 0.812. The quantitative estimate of drug-likeness (QED) is 0.541. The van der Waals surface area contributed by atoms with Crippen LogP contribution in [0, 0.1) is 16.7 Å². The maximum absolute atomic E-state index is 12.4. The highest BCUT2D eigenvalue weighted by Gasteiger charge is 2.38. The molecule has 0 aliphatic heterocycles. The van der Waals surface area contributed by atoms with E-state index in [1.54, 1.807) is 0 Å². The number of ether oxygens (including phenoxy) is 1. The lowest BCUT2D eigenvalue weighted by Gasteiger charge is -2.34. The molecule has 0 bridgehead atoms. The van der Waals surface area contributed by atoms with E-state index in [9.17, 15) is 4.79 Å². The molecule has 0 heterocycles. The molecule has 106 valence electrons. The summed E-state index contributed by atoms with van der Waals surface area (Å²) in [6.45, 7) is 18.3. The summed E-state index contributed by atoms with van der Waals surface area (Å²) < 4.78 is 5.66. The van der Waals surface area contributed by atoms with Crippen molar-refractivity contribution in [2.24, 2.45) is 16.7 Å². The van der Waals surface area contributed by atoms with Gasteiger partial charge in [0, 0.05) is 0 Å². The lowest BCUT2D eigenvalue weighted by molar-refractivity contribution is -0.164. The molecule has 0 aromatic heterocycles. The lowest BCUT2D eigenvalue weighted by atomic mass is 9.77. The molecule has 0 radical (unpaired) electrons. The Kier molecular flexibility index (Phi) is 5.64. The van der Waals surface area contributed by atoms with Crippen molar-refractivity contribution in [1.29, 1.82) is 0 Å². The van der Waals surface area contributed by atoms with Crippen molar-refractivity contribution in [2.45, 2.75) is 68.4 Å². The zero-order chi connectivity index (χ0) is 14.7. The Hall–Kier alpha value is -0.790. The van der Waals surface area contributed by atoms with E-state index in [1.807, 2.05) is 33.8 Å². The van der Waals surface area contributed by atoms with Crippen LogP contribution in [0.5, 0.6) is 0 Å². The Labute approximate surface area is 113 Å². The highest BCUT2D eigenvalue weighted by molar-refractivity contribution is 5.79. The molecule has 0 amide bonds. The van der Waals surface area contributed by atoms with Gasteiger partial charge >= 0.3 is 5.97 Å². The average Bonchev–Trinajstić information content (AvgIpc) is 2.14. The Balaban J connectivity index is 5.08. The van der Waals surface area contributed by atoms with Gasteiger partial charge in [-0.3, -0.25) is 4.79 Å². The van der Waals surface area contributed by atoms with Gasteiger partial charge in [-0.05, 0) is 39.0 Å². The van der Waals surface area contributed by atoms with E-state index in [0.717, 1.165) is 5.57 Å². The maximum atomic E-state index is 12.4. The second kappa shape index (κ2) is 5.90. The number of carbonyl (C=O) groups is 1. The number of rotatable bonds is 4. The monoisotopic (exact) mass is 254 g/mol. The van der Waals surface area contributed by atoms with Crippen LogP contribution in [-0.4, -0.2) is 12.1 Å². The van der Waals surface area contributed by atoms with E-state index in [-0.39, 0.29) is 23.4 Å². The van der Waals surface area contributed by atoms with E-state index < -0.39 is 5.41 Å². The fourth-order valence-electron chi connectivity index (χ4n) is 1.53. The zero-order valence-electron chi connectivity index (χ0n) is 13.5.